The van der Waals surface area contributed by atoms with E-state index in [2.05, 4.69) is 15.9 Å². The molecular weight excluding hydrogens is 348 g/mol. The van der Waals surface area contributed by atoms with Crippen molar-refractivity contribution >= 4 is 33.4 Å². The number of anilines is 1. The SMILES string of the molecule is COCCCN(C)C(=O)[C@H]1CC(=O)N(c2cccc(Br)c2)C1. The van der Waals surface area contributed by atoms with Gasteiger partial charge in [0.05, 0.1) is 5.92 Å². The number of carbonyl (C=O) groups is 2. The highest BCUT2D eigenvalue weighted by Gasteiger charge is 2.36. The van der Waals surface area contributed by atoms with Crippen LogP contribution in [0, 0.1) is 5.92 Å². The summed E-state index contributed by atoms with van der Waals surface area (Å²) in [6.07, 6.45) is 1.08. The summed E-state index contributed by atoms with van der Waals surface area (Å²) >= 11 is 3.41. The van der Waals surface area contributed by atoms with E-state index in [1.165, 1.54) is 0 Å². The Morgan fingerprint density at radius 2 is 2.27 bits per heavy atom. The summed E-state index contributed by atoms with van der Waals surface area (Å²) in [5.41, 5.74) is 0.830. The molecule has 0 N–H and O–H groups in total. The molecule has 0 radical (unpaired) electrons. The number of carbonyl (C=O) groups excluding carboxylic acids is 2. The van der Waals surface area contributed by atoms with E-state index in [0.717, 1.165) is 16.6 Å². The quantitative estimate of drug-likeness (QED) is 0.723. The van der Waals surface area contributed by atoms with Gasteiger partial charge in [0.25, 0.3) is 0 Å². The van der Waals surface area contributed by atoms with Crippen LogP contribution in [-0.4, -0.2) is 50.6 Å². The second-order valence-electron chi connectivity index (χ2n) is 5.49. The number of hydrogen-bond acceptors (Lipinski definition) is 3. The smallest absolute Gasteiger partial charge is 0.227 e. The third kappa shape index (κ3) is 4.08. The number of methoxy groups -OCH3 is 1. The zero-order valence-corrected chi connectivity index (χ0v) is 14.5. The molecule has 6 heteroatoms. The summed E-state index contributed by atoms with van der Waals surface area (Å²) in [5, 5.41) is 0. The molecule has 0 unspecified atom stereocenters. The van der Waals surface area contributed by atoms with E-state index in [1.807, 2.05) is 24.3 Å². The Morgan fingerprint density at radius 1 is 1.50 bits per heavy atom. The Hall–Kier alpha value is -1.40. The van der Waals surface area contributed by atoms with E-state index < -0.39 is 0 Å². The van der Waals surface area contributed by atoms with Gasteiger partial charge in [-0.3, -0.25) is 9.59 Å². The van der Waals surface area contributed by atoms with E-state index in [1.54, 1.807) is 24.0 Å². The summed E-state index contributed by atoms with van der Waals surface area (Å²) in [5.74, 6) is -0.234. The molecule has 22 heavy (non-hydrogen) atoms. The molecular formula is C16H21BrN2O3. The van der Waals surface area contributed by atoms with Crippen LogP contribution in [0.3, 0.4) is 0 Å². The van der Waals surface area contributed by atoms with Gasteiger partial charge in [0.1, 0.15) is 0 Å². The van der Waals surface area contributed by atoms with Gasteiger partial charge in [0.2, 0.25) is 11.8 Å². The number of hydrogen-bond donors (Lipinski definition) is 0. The van der Waals surface area contributed by atoms with Gasteiger partial charge in [-0.2, -0.15) is 0 Å². The van der Waals surface area contributed by atoms with Crippen molar-refractivity contribution < 1.29 is 14.3 Å². The number of rotatable bonds is 6. The molecule has 1 aromatic carbocycles. The summed E-state index contributed by atoms with van der Waals surface area (Å²) in [4.78, 5) is 28.0. The minimum atomic E-state index is -0.265. The van der Waals surface area contributed by atoms with Gasteiger partial charge >= 0.3 is 0 Å². The first-order valence-corrected chi connectivity index (χ1v) is 8.12. The first-order valence-electron chi connectivity index (χ1n) is 7.32. The standard InChI is InChI=1S/C16H21BrN2O3/c1-18(7-4-8-22-2)16(21)12-9-15(20)19(11-12)14-6-3-5-13(17)10-14/h3,5-6,10,12H,4,7-9,11H2,1-2H3/t12-/m0/s1. The van der Waals surface area contributed by atoms with Crippen molar-refractivity contribution in [3.63, 3.8) is 0 Å². The maximum Gasteiger partial charge on any atom is 0.227 e. The molecule has 0 aliphatic carbocycles. The van der Waals surface area contributed by atoms with E-state index >= 15 is 0 Å². The highest BCUT2D eigenvalue weighted by Crippen LogP contribution is 2.28. The van der Waals surface area contributed by atoms with Gasteiger partial charge in [0, 0.05) is 50.4 Å². The third-order valence-corrected chi connectivity index (χ3v) is 4.31. The van der Waals surface area contributed by atoms with Crippen molar-refractivity contribution in [2.45, 2.75) is 12.8 Å². The number of amides is 2. The summed E-state index contributed by atoms with van der Waals surface area (Å²) < 4.78 is 5.92. The van der Waals surface area contributed by atoms with Gasteiger partial charge < -0.3 is 14.5 Å². The van der Waals surface area contributed by atoms with Crippen LogP contribution in [0.1, 0.15) is 12.8 Å². The number of ether oxygens (including phenoxy) is 1. The van der Waals surface area contributed by atoms with Crippen molar-refractivity contribution in [1.29, 1.82) is 0 Å². The van der Waals surface area contributed by atoms with E-state index in [0.29, 0.717) is 19.7 Å². The van der Waals surface area contributed by atoms with E-state index in [9.17, 15) is 9.59 Å². The Labute approximate surface area is 139 Å². The molecule has 0 saturated carbocycles. The second-order valence-corrected chi connectivity index (χ2v) is 6.41. The monoisotopic (exact) mass is 368 g/mol. The lowest BCUT2D eigenvalue weighted by Crippen LogP contribution is -2.35. The lowest BCUT2D eigenvalue weighted by molar-refractivity contribution is -0.134. The summed E-state index contributed by atoms with van der Waals surface area (Å²) in [7, 11) is 3.43. The lowest BCUT2D eigenvalue weighted by Gasteiger charge is -2.21. The molecule has 120 valence electrons. The summed E-state index contributed by atoms with van der Waals surface area (Å²) in [6.45, 7) is 1.72. The molecule has 1 aliphatic rings. The number of halogens is 1. The van der Waals surface area contributed by atoms with Crippen LogP contribution in [0.25, 0.3) is 0 Å². The average Bonchev–Trinajstić information content (AvgIpc) is 2.88. The van der Waals surface area contributed by atoms with Crippen molar-refractivity contribution in [2.75, 3.05) is 38.8 Å². The second kappa shape index (κ2) is 7.74. The topological polar surface area (TPSA) is 49.9 Å². The first kappa shape index (κ1) is 17.0. The maximum atomic E-state index is 12.4. The molecule has 2 rings (SSSR count). The molecule has 5 nitrogen and oxygen atoms in total. The highest BCUT2D eigenvalue weighted by atomic mass is 79.9. The molecule has 0 aromatic heterocycles. The Bertz CT molecular complexity index is 550. The van der Waals surface area contributed by atoms with Gasteiger partial charge in [-0.25, -0.2) is 0 Å². The average molecular weight is 369 g/mol. The fourth-order valence-corrected chi connectivity index (χ4v) is 3.02. The number of nitrogens with zero attached hydrogens (tertiary/aromatic N) is 2. The van der Waals surface area contributed by atoms with Gasteiger partial charge in [-0.15, -0.1) is 0 Å². The minimum Gasteiger partial charge on any atom is -0.385 e. The highest BCUT2D eigenvalue weighted by molar-refractivity contribution is 9.10. The molecule has 1 aromatic rings. The van der Waals surface area contributed by atoms with Crippen molar-refractivity contribution in [1.82, 2.24) is 4.90 Å². The van der Waals surface area contributed by atoms with Crippen LogP contribution in [-0.2, 0) is 14.3 Å². The van der Waals surface area contributed by atoms with Crippen LogP contribution < -0.4 is 4.90 Å². The third-order valence-electron chi connectivity index (χ3n) is 3.81. The van der Waals surface area contributed by atoms with Gasteiger partial charge in [-0.05, 0) is 24.6 Å². The van der Waals surface area contributed by atoms with E-state index in [-0.39, 0.29) is 24.2 Å². The summed E-state index contributed by atoms with van der Waals surface area (Å²) in [6, 6.07) is 7.58. The maximum absolute atomic E-state index is 12.4. The Kier molecular flexibility index (Phi) is 5.97. The molecule has 1 atom stereocenters. The van der Waals surface area contributed by atoms with Crippen molar-refractivity contribution in [3.05, 3.63) is 28.7 Å². The minimum absolute atomic E-state index is 0.00161. The first-order chi connectivity index (χ1) is 10.5. The fraction of sp³-hybridized carbons (Fsp3) is 0.500. The predicted octanol–water partition coefficient (Wildman–Crippen LogP) is 2.30. The molecule has 0 spiro atoms. The molecule has 0 bridgehead atoms. The molecule has 1 fully saturated rings. The van der Waals surface area contributed by atoms with Crippen molar-refractivity contribution in [2.24, 2.45) is 5.92 Å². The zero-order chi connectivity index (χ0) is 16.1. The fourth-order valence-electron chi connectivity index (χ4n) is 2.63. The normalized spacial score (nSPS) is 17.9. The predicted molar refractivity (Wildman–Crippen MR) is 88.7 cm³/mol. The number of benzene rings is 1. The molecule has 1 saturated heterocycles. The Balaban J connectivity index is 1.98. The van der Waals surface area contributed by atoms with Crippen molar-refractivity contribution in [3.8, 4) is 0 Å². The van der Waals surface area contributed by atoms with Crippen LogP contribution in [0.4, 0.5) is 5.69 Å². The van der Waals surface area contributed by atoms with Crippen LogP contribution in [0.2, 0.25) is 0 Å². The van der Waals surface area contributed by atoms with Gasteiger partial charge in [-0.1, -0.05) is 22.0 Å². The molecule has 2 amide bonds. The molecule has 1 heterocycles. The Morgan fingerprint density at radius 3 is 2.95 bits per heavy atom. The van der Waals surface area contributed by atoms with Crippen LogP contribution >= 0.6 is 15.9 Å². The van der Waals surface area contributed by atoms with Crippen LogP contribution in [0.15, 0.2) is 28.7 Å². The molecule has 1 aliphatic heterocycles. The van der Waals surface area contributed by atoms with E-state index in [4.69, 9.17) is 4.74 Å². The largest absolute Gasteiger partial charge is 0.385 e. The van der Waals surface area contributed by atoms with Crippen LogP contribution in [0.5, 0.6) is 0 Å². The van der Waals surface area contributed by atoms with Gasteiger partial charge in [0.15, 0.2) is 0 Å². The lowest BCUT2D eigenvalue weighted by atomic mass is 10.1. The zero-order valence-electron chi connectivity index (χ0n) is 12.9.